The van der Waals surface area contributed by atoms with E-state index in [0.29, 0.717) is 43.8 Å². The summed E-state index contributed by atoms with van der Waals surface area (Å²) in [6.07, 6.45) is -2.82. The lowest BCUT2D eigenvalue weighted by atomic mass is 9.90. The molecule has 0 fully saturated rings. The zero-order valence-corrected chi connectivity index (χ0v) is 16.3. The first-order valence-electron chi connectivity index (χ1n) is 14.9. The second-order valence-electron chi connectivity index (χ2n) is 7.20. The average Bonchev–Trinajstić information content (AvgIpc) is 3.34. The summed E-state index contributed by atoms with van der Waals surface area (Å²) in [5.41, 5.74) is 1.87. The summed E-state index contributed by atoms with van der Waals surface area (Å²) in [4.78, 5) is 4.48. The van der Waals surface area contributed by atoms with Crippen LogP contribution in [0.4, 0.5) is 0 Å². The molecule has 0 saturated carbocycles. The van der Waals surface area contributed by atoms with Gasteiger partial charge in [-0.15, -0.1) is 0 Å². The van der Waals surface area contributed by atoms with Crippen LogP contribution in [-0.2, 0) is 6.37 Å². The van der Waals surface area contributed by atoms with Crippen molar-refractivity contribution in [3.05, 3.63) is 109 Å². The third-order valence-corrected chi connectivity index (χ3v) is 5.55. The topological polar surface area (TPSA) is 17.8 Å². The maximum atomic E-state index is 8.71. The predicted molar refractivity (Wildman–Crippen MR) is 131 cm³/mol. The van der Waals surface area contributed by atoms with E-state index in [1.54, 1.807) is 72.8 Å². The largest absolute Gasteiger partial charge is 0.295 e. The monoisotopic (exact) mass is 408 g/mol. The quantitative estimate of drug-likeness (QED) is 0.276. The Hall–Kier alpha value is -3.91. The summed E-state index contributed by atoms with van der Waals surface area (Å²) >= 11 is 0. The first kappa shape index (κ1) is 10.4. The first-order chi connectivity index (χ1) is 19.4. The minimum Gasteiger partial charge on any atom is -0.295 e. The normalized spacial score (nSPS) is 17.0. The molecule has 0 N–H and O–H groups in total. The Kier molecular flexibility index (Phi) is 2.38. The van der Waals surface area contributed by atoms with Crippen LogP contribution >= 0.6 is 0 Å². The summed E-state index contributed by atoms with van der Waals surface area (Å²) < 4.78 is 84.9. The van der Waals surface area contributed by atoms with E-state index in [2.05, 4.69) is 4.98 Å². The van der Waals surface area contributed by atoms with Gasteiger partial charge in [-0.3, -0.25) is 4.57 Å². The number of fused-ring (bicyclic) bond motifs is 3. The molecule has 0 unspecified atom stereocenters. The molecule has 6 aromatic rings. The van der Waals surface area contributed by atoms with Crippen LogP contribution in [0, 0.1) is 0 Å². The molecule has 31 heavy (non-hydrogen) atoms. The number of aryl methyl sites for hydroxylation is 1. The third kappa shape index (κ3) is 2.69. The molecular weight excluding hydrogens is 376 g/mol. The Balaban J connectivity index is 1.87. The SMILES string of the molecule is [2H]c1c([2H])c([2H])c(-c2c3ccccc3c(-n3c(C([2H])([2H])C([2H])([2H])[2H])nc4ccccc43)c3ccccc23)c([2H])c1[2H]. The number of para-hydroxylation sites is 2. The molecule has 1 aromatic heterocycles. The van der Waals surface area contributed by atoms with Gasteiger partial charge in [0, 0.05) is 24.0 Å². The van der Waals surface area contributed by atoms with Crippen molar-refractivity contribution in [2.75, 3.05) is 0 Å². The summed E-state index contributed by atoms with van der Waals surface area (Å²) in [5, 5.41) is 2.24. The Morgan fingerprint density at radius 1 is 0.806 bits per heavy atom. The van der Waals surface area contributed by atoms with E-state index in [1.807, 2.05) is 0 Å². The Bertz CT molecular complexity index is 1940. The lowest BCUT2D eigenvalue weighted by molar-refractivity contribution is 0.917. The highest BCUT2D eigenvalue weighted by molar-refractivity contribution is 6.18. The molecule has 0 spiro atoms. The van der Waals surface area contributed by atoms with Gasteiger partial charge in [0.2, 0.25) is 0 Å². The minimum absolute atomic E-state index is 0.0449. The van der Waals surface area contributed by atoms with Gasteiger partial charge >= 0.3 is 0 Å². The molecule has 0 bridgehead atoms. The molecule has 2 nitrogen and oxygen atoms in total. The zero-order chi connectivity index (χ0) is 29.4. The predicted octanol–water partition coefficient (Wildman–Crippen LogP) is 7.56. The van der Waals surface area contributed by atoms with Gasteiger partial charge in [-0.25, -0.2) is 4.98 Å². The van der Waals surface area contributed by atoms with Crippen molar-refractivity contribution in [2.24, 2.45) is 0 Å². The van der Waals surface area contributed by atoms with Gasteiger partial charge in [0.25, 0.3) is 0 Å². The van der Waals surface area contributed by atoms with Crippen molar-refractivity contribution in [1.29, 1.82) is 0 Å². The van der Waals surface area contributed by atoms with E-state index < -0.39 is 31.4 Å². The lowest BCUT2D eigenvalue weighted by Crippen LogP contribution is -2.03. The van der Waals surface area contributed by atoms with Crippen molar-refractivity contribution in [1.82, 2.24) is 9.55 Å². The summed E-state index contributed by atoms with van der Waals surface area (Å²) in [5.74, 6) is -0.287. The highest BCUT2D eigenvalue weighted by atomic mass is 15.1. The van der Waals surface area contributed by atoms with Gasteiger partial charge < -0.3 is 0 Å². The number of aromatic nitrogens is 2. The smallest absolute Gasteiger partial charge is 0.114 e. The number of imidazole rings is 1. The summed E-state index contributed by atoms with van der Waals surface area (Å²) in [7, 11) is 0. The van der Waals surface area contributed by atoms with Crippen molar-refractivity contribution in [2.45, 2.75) is 13.2 Å². The van der Waals surface area contributed by atoms with Gasteiger partial charge in [-0.05, 0) is 34.0 Å². The number of hydrogen-bond donors (Lipinski definition) is 0. The van der Waals surface area contributed by atoms with Crippen molar-refractivity contribution in [3.8, 4) is 16.8 Å². The van der Waals surface area contributed by atoms with Gasteiger partial charge in [0.15, 0.2) is 0 Å². The Labute approximate surface area is 195 Å². The molecule has 0 aliphatic rings. The highest BCUT2D eigenvalue weighted by Crippen LogP contribution is 2.42. The fourth-order valence-corrected chi connectivity index (χ4v) is 4.33. The summed E-state index contributed by atoms with van der Waals surface area (Å²) in [6, 6.07) is 19.1. The van der Waals surface area contributed by atoms with E-state index >= 15 is 0 Å². The standard InChI is InChI=1S/C29H22N2/c1-2-27-30-25-18-10-11-19-26(25)31(27)29-23-16-8-6-14-21(23)28(20-12-4-3-5-13-20)22-15-7-9-17-24(22)29/h3-19H,2H2,1H3/i1D3,2D2,3D,4D,5D,12D,13D. The van der Waals surface area contributed by atoms with E-state index in [1.165, 1.54) is 4.57 Å². The molecular formula is C29H22N2. The maximum Gasteiger partial charge on any atom is 0.114 e. The third-order valence-electron chi connectivity index (χ3n) is 5.55. The zero-order valence-electron chi connectivity index (χ0n) is 26.3. The second kappa shape index (κ2) is 7.10. The van der Waals surface area contributed by atoms with Crippen LogP contribution in [0.15, 0.2) is 103 Å². The highest BCUT2D eigenvalue weighted by Gasteiger charge is 2.19. The molecule has 0 saturated heterocycles. The molecule has 148 valence electrons. The van der Waals surface area contributed by atoms with Crippen LogP contribution in [0.25, 0.3) is 49.4 Å². The van der Waals surface area contributed by atoms with Gasteiger partial charge in [-0.2, -0.15) is 0 Å². The molecule has 0 aliphatic carbocycles. The van der Waals surface area contributed by atoms with Crippen LogP contribution in [0.2, 0.25) is 0 Å². The molecule has 0 aliphatic heterocycles. The number of nitrogens with zero attached hydrogens (tertiary/aromatic N) is 2. The number of rotatable bonds is 3. The van der Waals surface area contributed by atoms with Crippen molar-refractivity contribution in [3.63, 3.8) is 0 Å². The van der Waals surface area contributed by atoms with Crippen LogP contribution < -0.4 is 0 Å². The van der Waals surface area contributed by atoms with Gasteiger partial charge in [0.05, 0.1) is 23.6 Å². The number of hydrogen-bond acceptors (Lipinski definition) is 1. The average molecular weight is 409 g/mol. The van der Waals surface area contributed by atoms with Crippen LogP contribution in [0.1, 0.15) is 26.4 Å². The van der Waals surface area contributed by atoms with E-state index in [0.717, 1.165) is 0 Å². The minimum atomic E-state index is -3.02. The summed E-state index contributed by atoms with van der Waals surface area (Å²) in [6.45, 7) is -3.02. The molecule has 5 aromatic carbocycles. The fourth-order valence-electron chi connectivity index (χ4n) is 4.33. The molecule has 2 heteroatoms. The van der Waals surface area contributed by atoms with E-state index in [-0.39, 0.29) is 23.5 Å². The fraction of sp³-hybridized carbons (Fsp3) is 0.0690. The first-order valence-corrected chi connectivity index (χ1v) is 9.85. The van der Waals surface area contributed by atoms with Crippen LogP contribution in [-0.4, -0.2) is 9.55 Å². The molecule has 0 amide bonds. The Morgan fingerprint density at radius 3 is 2.10 bits per heavy atom. The Morgan fingerprint density at radius 2 is 1.42 bits per heavy atom. The van der Waals surface area contributed by atoms with E-state index in [4.69, 9.17) is 13.7 Å². The molecule has 0 atom stereocenters. The maximum absolute atomic E-state index is 8.71. The molecule has 0 radical (unpaired) electrons. The van der Waals surface area contributed by atoms with Crippen molar-refractivity contribution < 1.29 is 13.7 Å². The number of benzene rings is 5. The lowest BCUT2D eigenvalue weighted by Gasteiger charge is -2.19. The van der Waals surface area contributed by atoms with E-state index in [9.17, 15) is 0 Å². The second-order valence-corrected chi connectivity index (χ2v) is 7.20. The molecule has 1 heterocycles. The van der Waals surface area contributed by atoms with Gasteiger partial charge in [-0.1, -0.05) is 97.7 Å². The van der Waals surface area contributed by atoms with Gasteiger partial charge in [0.1, 0.15) is 5.82 Å². The van der Waals surface area contributed by atoms with Crippen LogP contribution in [0.3, 0.4) is 0 Å². The molecule has 6 rings (SSSR count). The van der Waals surface area contributed by atoms with Crippen LogP contribution in [0.5, 0.6) is 0 Å². The van der Waals surface area contributed by atoms with Crippen molar-refractivity contribution >= 4 is 32.6 Å².